The zero-order valence-corrected chi connectivity index (χ0v) is 11.6. The number of hydrogen-bond acceptors (Lipinski definition) is 5. The largest absolute Gasteiger partial charge is 0.502 e. The minimum absolute atomic E-state index is 0.0852. The lowest BCUT2D eigenvalue weighted by Gasteiger charge is -2.28. The summed E-state index contributed by atoms with van der Waals surface area (Å²) >= 11 is 0. The van der Waals surface area contributed by atoms with Gasteiger partial charge >= 0.3 is 5.69 Å². The highest BCUT2D eigenvalue weighted by Gasteiger charge is 2.28. The number of nitro groups is 1. The third-order valence-corrected chi connectivity index (χ3v) is 3.79. The number of aromatic hydroxyl groups is 1. The molecule has 1 saturated carbocycles. The molecule has 0 unspecified atom stereocenters. The van der Waals surface area contributed by atoms with Crippen LogP contribution < -0.4 is 0 Å². The summed E-state index contributed by atoms with van der Waals surface area (Å²) in [7, 11) is 0. The highest BCUT2D eigenvalue weighted by Crippen LogP contribution is 2.29. The van der Waals surface area contributed by atoms with E-state index in [1.165, 1.54) is 6.07 Å². The molecule has 0 spiro atoms. The summed E-state index contributed by atoms with van der Waals surface area (Å²) in [5, 5.41) is 29.4. The van der Waals surface area contributed by atoms with Crippen molar-refractivity contribution in [3.05, 3.63) is 33.9 Å². The number of phenolic OH excluding ortho intramolecular Hbond substituents is 1. The summed E-state index contributed by atoms with van der Waals surface area (Å²) in [5.74, 6) is -0.845. The molecule has 0 saturated heterocycles. The smallest absolute Gasteiger partial charge is 0.310 e. The maximum Gasteiger partial charge on any atom is 0.310 e. The first kappa shape index (κ1) is 15.2. The average molecular weight is 294 g/mol. The first-order chi connectivity index (χ1) is 10.0. The second-order valence-electron chi connectivity index (χ2n) is 5.12. The van der Waals surface area contributed by atoms with E-state index in [0.717, 1.165) is 37.8 Å². The van der Waals surface area contributed by atoms with Crippen LogP contribution in [0.25, 0.3) is 0 Å². The predicted octanol–water partition coefficient (Wildman–Crippen LogP) is 1.68. The molecule has 2 rings (SSSR count). The molecule has 21 heavy (non-hydrogen) atoms. The quantitative estimate of drug-likeness (QED) is 0.635. The van der Waals surface area contributed by atoms with Crippen LogP contribution in [0.3, 0.4) is 0 Å². The summed E-state index contributed by atoms with van der Waals surface area (Å²) in [5.41, 5.74) is -0.237. The number of carbonyl (C=O) groups excluding carboxylic acids is 1. The van der Waals surface area contributed by atoms with Gasteiger partial charge < -0.3 is 15.1 Å². The van der Waals surface area contributed by atoms with Crippen molar-refractivity contribution < 1.29 is 19.9 Å². The molecule has 1 aromatic carbocycles. The Kier molecular flexibility index (Phi) is 4.74. The molecule has 7 nitrogen and oxygen atoms in total. The fourth-order valence-corrected chi connectivity index (χ4v) is 2.75. The Morgan fingerprint density at radius 1 is 1.38 bits per heavy atom. The molecule has 0 atom stereocenters. The number of nitro benzene ring substituents is 1. The Balaban J connectivity index is 2.23. The molecular formula is C14H18N2O5. The first-order valence-electron chi connectivity index (χ1n) is 6.94. The van der Waals surface area contributed by atoms with Gasteiger partial charge in [0.2, 0.25) is 0 Å². The van der Waals surface area contributed by atoms with E-state index in [2.05, 4.69) is 0 Å². The molecule has 0 aliphatic heterocycles. The maximum atomic E-state index is 12.5. The normalized spacial score (nSPS) is 15.1. The summed E-state index contributed by atoms with van der Waals surface area (Å²) in [6.45, 7) is 0.0858. The van der Waals surface area contributed by atoms with Crippen molar-refractivity contribution in [3.8, 4) is 5.75 Å². The third kappa shape index (κ3) is 3.30. The van der Waals surface area contributed by atoms with E-state index in [-0.39, 0.29) is 30.7 Å². The Labute approximate surface area is 122 Å². The van der Waals surface area contributed by atoms with Crippen LogP contribution in [0.5, 0.6) is 5.75 Å². The molecule has 1 amide bonds. The summed E-state index contributed by atoms with van der Waals surface area (Å²) in [6, 6.07) is 3.65. The van der Waals surface area contributed by atoms with Crippen LogP contribution in [0, 0.1) is 10.1 Å². The Bertz CT molecular complexity index is 540. The van der Waals surface area contributed by atoms with E-state index in [4.69, 9.17) is 5.11 Å². The minimum atomic E-state index is -0.702. The van der Waals surface area contributed by atoms with Crippen LogP contribution >= 0.6 is 0 Å². The fourth-order valence-electron chi connectivity index (χ4n) is 2.75. The molecule has 1 fully saturated rings. The van der Waals surface area contributed by atoms with Crippen molar-refractivity contribution in [2.24, 2.45) is 0 Å². The lowest BCUT2D eigenvalue weighted by Crippen LogP contribution is -2.40. The number of aliphatic hydroxyl groups is 1. The summed E-state index contributed by atoms with van der Waals surface area (Å²) < 4.78 is 0. The molecule has 114 valence electrons. The van der Waals surface area contributed by atoms with Crippen molar-refractivity contribution in [1.29, 1.82) is 0 Å². The molecule has 1 aliphatic carbocycles. The number of amides is 1. The molecule has 2 N–H and O–H groups in total. The predicted molar refractivity (Wildman–Crippen MR) is 75.1 cm³/mol. The summed E-state index contributed by atoms with van der Waals surface area (Å²) in [4.78, 5) is 24.0. The van der Waals surface area contributed by atoms with E-state index >= 15 is 0 Å². The second-order valence-corrected chi connectivity index (χ2v) is 5.12. The van der Waals surface area contributed by atoms with Gasteiger partial charge in [-0.2, -0.15) is 0 Å². The van der Waals surface area contributed by atoms with Gasteiger partial charge in [-0.05, 0) is 25.0 Å². The SMILES string of the molecule is O=C(c1ccc([N+](=O)[O-])c(O)c1)N(CCO)C1CCCC1. The molecular weight excluding hydrogens is 276 g/mol. The standard InChI is InChI=1S/C14H18N2O5/c17-8-7-15(11-3-1-2-4-11)14(19)10-5-6-12(16(20)21)13(18)9-10/h5-6,9,11,17-18H,1-4,7-8H2. The van der Waals surface area contributed by atoms with E-state index in [9.17, 15) is 20.0 Å². The summed E-state index contributed by atoms with van der Waals surface area (Å²) in [6.07, 6.45) is 3.88. The molecule has 0 radical (unpaired) electrons. The number of phenols is 1. The van der Waals surface area contributed by atoms with Crippen molar-refractivity contribution in [2.75, 3.05) is 13.2 Å². The van der Waals surface area contributed by atoms with Crippen molar-refractivity contribution in [2.45, 2.75) is 31.7 Å². The van der Waals surface area contributed by atoms with Gasteiger partial charge in [0.25, 0.3) is 5.91 Å². The van der Waals surface area contributed by atoms with Crippen molar-refractivity contribution in [1.82, 2.24) is 4.90 Å². The van der Waals surface area contributed by atoms with Gasteiger partial charge in [-0.3, -0.25) is 14.9 Å². The van der Waals surface area contributed by atoms with Gasteiger partial charge in [-0.1, -0.05) is 12.8 Å². The van der Waals surface area contributed by atoms with Crippen LogP contribution in [0.1, 0.15) is 36.0 Å². The highest BCUT2D eigenvalue weighted by atomic mass is 16.6. The number of nitrogens with zero attached hydrogens (tertiary/aromatic N) is 2. The molecule has 1 aliphatic rings. The van der Waals surface area contributed by atoms with Crippen LogP contribution in [0.4, 0.5) is 5.69 Å². The van der Waals surface area contributed by atoms with Crippen molar-refractivity contribution in [3.63, 3.8) is 0 Å². The van der Waals surface area contributed by atoms with Crippen molar-refractivity contribution >= 4 is 11.6 Å². The maximum absolute atomic E-state index is 12.5. The van der Waals surface area contributed by atoms with E-state index in [1.54, 1.807) is 4.90 Å². The van der Waals surface area contributed by atoms with Gasteiger partial charge in [-0.25, -0.2) is 0 Å². The lowest BCUT2D eigenvalue weighted by molar-refractivity contribution is -0.385. The fraction of sp³-hybridized carbons (Fsp3) is 0.500. The third-order valence-electron chi connectivity index (χ3n) is 3.79. The number of hydrogen-bond donors (Lipinski definition) is 2. The van der Waals surface area contributed by atoms with Crippen LogP contribution in [0.2, 0.25) is 0 Å². The van der Waals surface area contributed by atoms with E-state index in [0.29, 0.717) is 0 Å². The van der Waals surface area contributed by atoms with Gasteiger partial charge in [-0.15, -0.1) is 0 Å². The number of carbonyl (C=O) groups is 1. The minimum Gasteiger partial charge on any atom is -0.502 e. The number of aliphatic hydroxyl groups excluding tert-OH is 1. The van der Waals surface area contributed by atoms with E-state index in [1.807, 2.05) is 0 Å². The van der Waals surface area contributed by atoms with Gasteiger partial charge in [0, 0.05) is 24.2 Å². The second kappa shape index (κ2) is 6.53. The number of benzene rings is 1. The van der Waals surface area contributed by atoms with Gasteiger partial charge in [0.15, 0.2) is 5.75 Å². The van der Waals surface area contributed by atoms with Gasteiger partial charge in [0.1, 0.15) is 0 Å². The molecule has 0 bridgehead atoms. The average Bonchev–Trinajstić information content (AvgIpc) is 2.97. The topological polar surface area (TPSA) is 104 Å². The first-order valence-corrected chi connectivity index (χ1v) is 6.94. The van der Waals surface area contributed by atoms with E-state index < -0.39 is 16.4 Å². The Hall–Kier alpha value is -2.15. The monoisotopic (exact) mass is 294 g/mol. The van der Waals surface area contributed by atoms with Crippen LogP contribution in [-0.4, -0.2) is 45.1 Å². The molecule has 1 aromatic rings. The van der Waals surface area contributed by atoms with Crippen LogP contribution in [-0.2, 0) is 0 Å². The molecule has 7 heteroatoms. The lowest BCUT2D eigenvalue weighted by atomic mass is 10.1. The highest BCUT2D eigenvalue weighted by molar-refractivity contribution is 5.95. The van der Waals surface area contributed by atoms with Crippen LogP contribution in [0.15, 0.2) is 18.2 Å². The molecule has 0 aromatic heterocycles. The van der Waals surface area contributed by atoms with Gasteiger partial charge in [0.05, 0.1) is 11.5 Å². The zero-order chi connectivity index (χ0) is 15.4. The Morgan fingerprint density at radius 3 is 2.57 bits per heavy atom. The number of rotatable bonds is 5. The molecule has 0 heterocycles. The zero-order valence-electron chi connectivity index (χ0n) is 11.6. The Morgan fingerprint density at radius 2 is 2.05 bits per heavy atom.